The molecule has 0 radical (unpaired) electrons. The summed E-state index contributed by atoms with van der Waals surface area (Å²) in [6, 6.07) is 0. The normalized spacial score (nSPS) is 26.0. The zero-order chi connectivity index (χ0) is 8.81. The van der Waals surface area contributed by atoms with Gasteiger partial charge in [-0.15, -0.1) is 0 Å². The largest absolute Gasteiger partial charge is 0.379 e. The molecule has 1 aliphatic heterocycles. The second-order valence-corrected chi connectivity index (χ2v) is 3.47. The van der Waals surface area contributed by atoms with E-state index in [4.69, 9.17) is 9.47 Å². The van der Waals surface area contributed by atoms with Crippen molar-refractivity contribution in [2.45, 2.75) is 51.2 Å². The lowest BCUT2D eigenvalue weighted by Gasteiger charge is -2.20. The third kappa shape index (κ3) is 2.76. The van der Waals surface area contributed by atoms with Crippen LogP contribution in [0.1, 0.15) is 39.0 Å². The van der Waals surface area contributed by atoms with Crippen molar-refractivity contribution >= 4 is 0 Å². The van der Waals surface area contributed by atoms with Gasteiger partial charge in [-0.2, -0.15) is 0 Å². The summed E-state index contributed by atoms with van der Waals surface area (Å²) in [7, 11) is 1.79. The lowest BCUT2D eigenvalue weighted by atomic mass is 10.0. The quantitative estimate of drug-likeness (QED) is 0.634. The van der Waals surface area contributed by atoms with Crippen LogP contribution in [0.3, 0.4) is 0 Å². The van der Waals surface area contributed by atoms with Gasteiger partial charge in [-0.3, -0.25) is 0 Å². The molecule has 0 aromatic carbocycles. The molecular formula is C10H20O2. The average molecular weight is 172 g/mol. The van der Waals surface area contributed by atoms with Crippen molar-refractivity contribution < 1.29 is 9.47 Å². The maximum Gasteiger partial charge on any atom is 0.0837 e. The van der Waals surface area contributed by atoms with E-state index >= 15 is 0 Å². The van der Waals surface area contributed by atoms with Crippen molar-refractivity contribution in [3.05, 3.63) is 0 Å². The van der Waals surface area contributed by atoms with E-state index in [9.17, 15) is 0 Å². The lowest BCUT2D eigenvalue weighted by Crippen LogP contribution is -2.27. The fourth-order valence-corrected chi connectivity index (χ4v) is 1.76. The highest BCUT2D eigenvalue weighted by Crippen LogP contribution is 2.20. The molecule has 0 aliphatic carbocycles. The van der Waals surface area contributed by atoms with E-state index in [0.29, 0.717) is 12.2 Å². The topological polar surface area (TPSA) is 18.5 Å². The zero-order valence-corrected chi connectivity index (χ0v) is 8.21. The van der Waals surface area contributed by atoms with Gasteiger partial charge in [-0.25, -0.2) is 0 Å². The van der Waals surface area contributed by atoms with Crippen LogP contribution in [0.5, 0.6) is 0 Å². The minimum Gasteiger partial charge on any atom is -0.379 e. The van der Waals surface area contributed by atoms with Gasteiger partial charge in [0.2, 0.25) is 0 Å². The van der Waals surface area contributed by atoms with Crippen LogP contribution in [0.2, 0.25) is 0 Å². The SMILES string of the molecule is CCCCC(OC)C1CCCO1. The van der Waals surface area contributed by atoms with Gasteiger partial charge >= 0.3 is 0 Å². The van der Waals surface area contributed by atoms with Gasteiger partial charge in [-0.1, -0.05) is 19.8 Å². The number of ether oxygens (including phenoxy) is 2. The van der Waals surface area contributed by atoms with Crippen molar-refractivity contribution in [3.8, 4) is 0 Å². The first-order valence-electron chi connectivity index (χ1n) is 5.03. The van der Waals surface area contributed by atoms with Gasteiger partial charge in [0.1, 0.15) is 0 Å². The molecule has 2 unspecified atom stereocenters. The van der Waals surface area contributed by atoms with E-state index < -0.39 is 0 Å². The second-order valence-electron chi connectivity index (χ2n) is 3.47. The Kier molecular flexibility index (Phi) is 4.62. The summed E-state index contributed by atoms with van der Waals surface area (Å²) in [5.41, 5.74) is 0. The smallest absolute Gasteiger partial charge is 0.0837 e. The van der Waals surface area contributed by atoms with E-state index in [0.717, 1.165) is 13.0 Å². The number of rotatable bonds is 5. The Morgan fingerprint density at radius 3 is 2.92 bits per heavy atom. The van der Waals surface area contributed by atoms with E-state index in [-0.39, 0.29) is 0 Å². The van der Waals surface area contributed by atoms with Crippen molar-refractivity contribution in [3.63, 3.8) is 0 Å². The van der Waals surface area contributed by atoms with E-state index in [1.165, 1.54) is 25.7 Å². The van der Waals surface area contributed by atoms with Gasteiger partial charge in [0.05, 0.1) is 12.2 Å². The summed E-state index contributed by atoms with van der Waals surface area (Å²) in [6.45, 7) is 3.14. The molecule has 1 saturated heterocycles. The molecule has 0 spiro atoms. The van der Waals surface area contributed by atoms with E-state index in [1.807, 2.05) is 0 Å². The molecule has 2 atom stereocenters. The molecule has 0 bridgehead atoms. The fraction of sp³-hybridized carbons (Fsp3) is 1.00. The minimum atomic E-state index is 0.340. The molecule has 2 heteroatoms. The summed E-state index contributed by atoms with van der Waals surface area (Å²) in [5, 5.41) is 0. The molecule has 12 heavy (non-hydrogen) atoms. The first-order chi connectivity index (χ1) is 5.88. The molecule has 0 saturated carbocycles. The Bertz CT molecular complexity index is 108. The number of methoxy groups -OCH3 is 1. The molecular weight excluding hydrogens is 152 g/mol. The molecule has 0 N–H and O–H groups in total. The maximum atomic E-state index is 5.58. The Balaban J connectivity index is 2.22. The molecule has 1 rings (SSSR count). The van der Waals surface area contributed by atoms with Crippen molar-refractivity contribution in [1.82, 2.24) is 0 Å². The van der Waals surface area contributed by atoms with Gasteiger partial charge < -0.3 is 9.47 Å². The van der Waals surface area contributed by atoms with Crippen molar-refractivity contribution in [1.29, 1.82) is 0 Å². The summed E-state index contributed by atoms with van der Waals surface area (Å²) in [4.78, 5) is 0. The Labute approximate surface area is 75.2 Å². The highest BCUT2D eigenvalue weighted by Gasteiger charge is 2.24. The number of hydrogen-bond donors (Lipinski definition) is 0. The van der Waals surface area contributed by atoms with Crippen LogP contribution < -0.4 is 0 Å². The molecule has 0 aromatic heterocycles. The first-order valence-corrected chi connectivity index (χ1v) is 5.03. The number of unbranched alkanes of at least 4 members (excludes halogenated alkanes) is 1. The van der Waals surface area contributed by atoms with Crippen molar-refractivity contribution in [2.24, 2.45) is 0 Å². The highest BCUT2D eigenvalue weighted by molar-refractivity contribution is 4.74. The highest BCUT2D eigenvalue weighted by atomic mass is 16.5. The molecule has 2 nitrogen and oxygen atoms in total. The molecule has 1 aliphatic rings. The summed E-state index contributed by atoms with van der Waals surface area (Å²) < 4.78 is 11.0. The van der Waals surface area contributed by atoms with Crippen LogP contribution in [0.15, 0.2) is 0 Å². The van der Waals surface area contributed by atoms with Gasteiger partial charge in [0.15, 0.2) is 0 Å². The predicted octanol–water partition coefficient (Wildman–Crippen LogP) is 2.37. The average Bonchev–Trinajstić information content (AvgIpc) is 2.59. The second kappa shape index (κ2) is 5.55. The zero-order valence-electron chi connectivity index (χ0n) is 8.21. The Morgan fingerprint density at radius 1 is 1.58 bits per heavy atom. The van der Waals surface area contributed by atoms with Crippen LogP contribution >= 0.6 is 0 Å². The summed E-state index contributed by atoms with van der Waals surface area (Å²) in [5.74, 6) is 0. The van der Waals surface area contributed by atoms with Crippen LogP contribution in [0.25, 0.3) is 0 Å². The van der Waals surface area contributed by atoms with Crippen LogP contribution in [0.4, 0.5) is 0 Å². The van der Waals surface area contributed by atoms with Crippen molar-refractivity contribution in [2.75, 3.05) is 13.7 Å². The summed E-state index contributed by atoms with van der Waals surface area (Å²) in [6.07, 6.45) is 6.75. The van der Waals surface area contributed by atoms with Crippen LogP contribution in [0, 0.1) is 0 Å². The Hall–Kier alpha value is -0.0800. The number of hydrogen-bond acceptors (Lipinski definition) is 2. The lowest BCUT2D eigenvalue weighted by molar-refractivity contribution is -0.0312. The standard InChI is InChI=1S/C10H20O2/c1-3-4-6-9(11-2)10-7-5-8-12-10/h9-10H,3-8H2,1-2H3. The molecule has 1 fully saturated rings. The third-order valence-electron chi connectivity index (χ3n) is 2.52. The molecule has 0 aromatic rings. The third-order valence-corrected chi connectivity index (χ3v) is 2.52. The van der Waals surface area contributed by atoms with Gasteiger partial charge in [0.25, 0.3) is 0 Å². The molecule has 72 valence electrons. The fourth-order valence-electron chi connectivity index (χ4n) is 1.76. The maximum absolute atomic E-state index is 5.58. The van der Waals surface area contributed by atoms with E-state index in [1.54, 1.807) is 7.11 Å². The molecule has 1 heterocycles. The van der Waals surface area contributed by atoms with Gasteiger partial charge in [-0.05, 0) is 19.3 Å². The Morgan fingerprint density at radius 2 is 2.42 bits per heavy atom. The molecule has 0 amide bonds. The van der Waals surface area contributed by atoms with E-state index in [2.05, 4.69) is 6.92 Å². The van der Waals surface area contributed by atoms with Gasteiger partial charge in [0, 0.05) is 13.7 Å². The minimum absolute atomic E-state index is 0.340. The van der Waals surface area contributed by atoms with Crippen LogP contribution in [-0.4, -0.2) is 25.9 Å². The predicted molar refractivity (Wildman–Crippen MR) is 49.3 cm³/mol. The summed E-state index contributed by atoms with van der Waals surface area (Å²) >= 11 is 0. The van der Waals surface area contributed by atoms with Crippen LogP contribution in [-0.2, 0) is 9.47 Å². The monoisotopic (exact) mass is 172 g/mol. The first kappa shape index (κ1) is 10.0.